The molecule has 1 aliphatic rings. The van der Waals surface area contributed by atoms with Gasteiger partial charge in [-0.25, -0.2) is 0 Å². The minimum Gasteiger partial charge on any atom is -0.489 e. The maximum atomic E-state index is 11.2. The van der Waals surface area contributed by atoms with Crippen LogP contribution in [0.2, 0.25) is 5.02 Å². The maximum Gasteiger partial charge on any atom is 0.250 e. The number of carbonyl (C=O) groups excluding carboxylic acids is 1. The lowest BCUT2D eigenvalue weighted by Gasteiger charge is -2.19. The largest absolute Gasteiger partial charge is 0.489 e. The number of halogens is 1. The van der Waals surface area contributed by atoms with E-state index in [-0.39, 0.29) is 18.7 Å². The predicted molar refractivity (Wildman–Crippen MR) is 64.2 cm³/mol. The van der Waals surface area contributed by atoms with Crippen molar-refractivity contribution in [3.8, 4) is 5.75 Å². The Labute approximate surface area is 105 Å². The van der Waals surface area contributed by atoms with Gasteiger partial charge in [0.2, 0.25) is 0 Å². The molecule has 0 bridgehead atoms. The van der Waals surface area contributed by atoms with Gasteiger partial charge in [-0.3, -0.25) is 4.79 Å². The van der Waals surface area contributed by atoms with Crippen LogP contribution < -0.4 is 4.74 Å². The van der Waals surface area contributed by atoms with E-state index in [1.807, 2.05) is 19.1 Å². The number of benzene rings is 1. The van der Waals surface area contributed by atoms with Gasteiger partial charge in [0.05, 0.1) is 0 Å². The molecule has 1 amide bonds. The molecule has 1 saturated heterocycles. The topological polar surface area (TPSA) is 38.8 Å². The summed E-state index contributed by atoms with van der Waals surface area (Å²) < 4.78 is 10.9. The molecule has 4 nitrogen and oxygen atoms in total. The van der Waals surface area contributed by atoms with E-state index in [4.69, 9.17) is 21.1 Å². The van der Waals surface area contributed by atoms with Crippen molar-refractivity contribution in [3.63, 3.8) is 0 Å². The van der Waals surface area contributed by atoms with E-state index in [0.717, 1.165) is 11.3 Å². The van der Waals surface area contributed by atoms with Crippen LogP contribution in [0.3, 0.4) is 0 Å². The van der Waals surface area contributed by atoms with Crippen molar-refractivity contribution in [2.45, 2.75) is 13.2 Å². The van der Waals surface area contributed by atoms with E-state index in [1.54, 1.807) is 18.0 Å². The van der Waals surface area contributed by atoms with Crippen molar-refractivity contribution < 1.29 is 14.3 Å². The molecule has 1 fully saturated rings. The summed E-state index contributed by atoms with van der Waals surface area (Å²) >= 11 is 5.85. The SMILES string of the molecule is Cc1cc(Cl)ccc1OCC1OCC(=O)N1C. The highest BCUT2D eigenvalue weighted by Crippen LogP contribution is 2.22. The Kier molecular flexibility index (Phi) is 3.54. The predicted octanol–water partition coefficient (Wildman–Crippen LogP) is 1.84. The lowest BCUT2D eigenvalue weighted by atomic mass is 10.2. The molecule has 1 aromatic carbocycles. The second kappa shape index (κ2) is 4.94. The fourth-order valence-corrected chi connectivity index (χ4v) is 1.86. The third kappa shape index (κ3) is 2.70. The summed E-state index contributed by atoms with van der Waals surface area (Å²) in [6.07, 6.45) is -0.308. The molecule has 1 unspecified atom stereocenters. The van der Waals surface area contributed by atoms with Gasteiger partial charge in [-0.05, 0) is 30.7 Å². The molecular formula is C12H14ClNO3. The number of aryl methyl sites for hydroxylation is 1. The number of nitrogens with zero attached hydrogens (tertiary/aromatic N) is 1. The van der Waals surface area contributed by atoms with Gasteiger partial charge in [0, 0.05) is 12.1 Å². The summed E-state index contributed by atoms with van der Waals surface area (Å²) in [4.78, 5) is 12.8. The first-order valence-electron chi connectivity index (χ1n) is 5.34. The van der Waals surface area contributed by atoms with Gasteiger partial charge >= 0.3 is 0 Å². The van der Waals surface area contributed by atoms with Gasteiger partial charge in [0.15, 0.2) is 6.23 Å². The molecule has 17 heavy (non-hydrogen) atoms. The van der Waals surface area contributed by atoms with Crippen LogP contribution in [0, 0.1) is 6.92 Å². The van der Waals surface area contributed by atoms with Gasteiger partial charge < -0.3 is 14.4 Å². The molecule has 0 spiro atoms. The van der Waals surface area contributed by atoms with Crippen LogP contribution in [0.15, 0.2) is 18.2 Å². The van der Waals surface area contributed by atoms with E-state index in [1.165, 1.54) is 0 Å². The van der Waals surface area contributed by atoms with Crippen LogP contribution in [0.5, 0.6) is 5.75 Å². The summed E-state index contributed by atoms with van der Waals surface area (Å²) in [7, 11) is 1.71. The molecule has 92 valence electrons. The van der Waals surface area contributed by atoms with Gasteiger partial charge in [0.25, 0.3) is 5.91 Å². The highest BCUT2D eigenvalue weighted by Gasteiger charge is 2.28. The average Bonchev–Trinajstić information content (AvgIpc) is 2.59. The second-order valence-corrected chi connectivity index (χ2v) is 4.43. The first-order valence-corrected chi connectivity index (χ1v) is 5.72. The monoisotopic (exact) mass is 255 g/mol. The molecule has 1 aromatic rings. The quantitative estimate of drug-likeness (QED) is 0.827. The third-order valence-corrected chi connectivity index (χ3v) is 2.98. The molecule has 0 saturated carbocycles. The van der Waals surface area contributed by atoms with Crippen LogP contribution in [0.4, 0.5) is 0 Å². The zero-order chi connectivity index (χ0) is 12.4. The van der Waals surface area contributed by atoms with Crippen LogP contribution in [-0.2, 0) is 9.53 Å². The van der Waals surface area contributed by atoms with E-state index in [9.17, 15) is 4.79 Å². The third-order valence-electron chi connectivity index (χ3n) is 2.74. The Hall–Kier alpha value is -1.26. The zero-order valence-electron chi connectivity index (χ0n) is 9.77. The standard InChI is InChI=1S/C12H14ClNO3/c1-8-5-9(13)3-4-10(8)16-7-12-14(2)11(15)6-17-12/h3-5,12H,6-7H2,1-2H3. The Balaban J connectivity index is 1.96. The van der Waals surface area contributed by atoms with Crippen LogP contribution in [0.1, 0.15) is 5.56 Å². The average molecular weight is 256 g/mol. The fraction of sp³-hybridized carbons (Fsp3) is 0.417. The van der Waals surface area contributed by atoms with Crippen molar-refractivity contribution in [1.82, 2.24) is 4.90 Å². The zero-order valence-corrected chi connectivity index (χ0v) is 10.5. The molecule has 0 aromatic heterocycles. The van der Waals surface area contributed by atoms with E-state index in [0.29, 0.717) is 11.6 Å². The molecule has 0 radical (unpaired) electrons. The van der Waals surface area contributed by atoms with Gasteiger partial charge in [-0.2, -0.15) is 0 Å². The van der Waals surface area contributed by atoms with Crippen molar-refractivity contribution in [2.24, 2.45) is 0 Å². The van der Waals surface area contributed by atoms with Crippen LogP contribution in [-0.4, -0.2) is 37.3 Å². The molecule has 1 aliphatic heterocycles. The number of hydrogen-bond acceptors (Lipinski definition) is 3. The Morgan fingerprint density at radius 2 is 2.35 bits per heavy atom. The number of likely N-dealkylation sites (N-methyl/N-ethyl adjacent to an activating group) is 1. The first-order chi connectivity index (χ1) is 8.08. The van der Waals surface area contributed by atoms with Crippen LogP contribution >= 0.6 is 11.6 Å². The molecule has 5 heteroatoms. The van der Waals surface area contributed by atoms with Crippen molar-refractivity contribution >= 4 is 17.5 Å². The molecule has 1 atom stereocenters. The summed E-state index contributed by atoms with van der Waals surface area (Å²) in [6, 6.07) is 5.42. The minimum absolute atomic E-state index is 0.0218. The number of hydrogen-bond donors (Lipinski definition) is 0. The number of rotatable bonds is 3. The summed E-state index contributed by atoms with van der Waals surface area (Å²) in [5.41, 5.74) is 0.962. The first kappa shape index (κ1) is 12.2. The molecular weight excluding hydrogens is 242 g/mol. The van der Waals surface area contributed by atoms with E-state index < -0.39 is 0 Å². The summed E-state index contributed by atoms with van der Waals surface area (Å²) in [5.74, 6) is 0.733. The van der Waals surface area contributed by atoms with Gasteiger partial charge in [-0.15, -0.1) is 0 Å². The summed E-state index contributed by atoms with van der Waals surface area (Å²) in [5, 5.41) is 0.680. The number of carbonyl (C=O) groups is 1. The van der Waals surface area contributed by atoms with Crippen molar-refractivity contribution in [3.05, 3.63) is 28.8 Å². The van der Waals surface area contributed by atoms with Gasteiger partial charge in [-0.1, -0.05) is 11.6 Å². The van der Waals surface area contributed by atoms with Gasteiger partial charge in [0.1, 0.15) is 19.0 Å². The Morgan fingerprint density at radius 3 is 2.94 bits per heavy atom. The van der Waals surface area contributed by atoms with Crippen molar-refractivity contribution in [2.75, 3.05) is 20.3 Å². The molecule has 0 aliphatic carbocycles. The smallest absolute Gasteiger partial charge is 0.250 e. The number of ether oxygens (including phenoxy) is 2. The second-order valence-electron chi connectivity index (χ2n) is 3.99. The molecule has 1 heterocycles. The van der Waals surface area contributed by atoms with E-state index >= 15 is 0 Å². The highest BCUT2D eigenvalue weighted by atomic mass is 35.5. The molecule has 0 N–H and O–H groups in total. The van der Waals surface area contributed by atoms with Crippen molar-refractivity contribution in [1.29, 1.82) is 0 Å². The lowest BCUT2D eigenvalue weighted by Crippen LogP contribution is -2.34. The fourth-order valence-electron chi connectivity index (χ4n) is 1.64. The normalized spacial score (nSPS) is 19.8. The highest BCUT2D eigenvalue weighted by molar-refractivity contribution is 6.30. The molecule has 2 rings (SSSR count). The maximum absolute atomic E-state index is 11.2. The summed E-state index contributed by atoms with van der Waals surface area (Å²) in [6.45, 7) is 2.38. The van der Waals surface area contributed by atoms with Crippen LogP contribution in [0.25, 0.3) is 0 Å². The minimum atomic E-state index is -0.308. The lowest BCUT2D eigenvalue weighted by molar-refractivity contribution is -0.126. The Bertz CT molecular complexity index is 436. The Morgan fingerprint density at radius 1 is 1.59 bits per heavy atom. The number of amides is 1. The van der Waals surface area contributed by atoms with E-state index in [2.05, 4.69) is 0 Å².